The van der Waals surface area contributed by atoms with Crippen LogP contribution in [0.1, 0.15) is 5.56 Å². The Hall–Kier alpha value is -4.13. The number of hydrogen-bond donors (Lipinski definition) is 1. The third-order valence-electron chi connectivity index (χ3n) is 5.10. The normalized spacial score (nSPS) is 10.6. The van der Waals surface area contributed by atoms with Crippen molar-refractivity contribution in [3.63, 3.8) is 0 Å². The number of rotatable bonds is 8. The summed E-state index contributed by atoms with van der Waals surface area (Å²) in [6.07, 6.45) is 1.61. The zero-order valence-corrected chi connectivity index (χ0v) is 18.1. The molecule has 0 fully saturated rings. The first kappa shape index (κ1) is 21.1. The van der Waals surface area contributed by atoms with Crippen molar-refractivity contribution in [2.45, 2.75) is 6.61 Å². The van der Waals surface area contributed by atoms with Gasteiger partial charge >= 0.3 is 0 Å². The number of hydrogen-bond acceptors (Lipinski definition) is 6. The van der Waals surface area contributed by atoms with Gasteiger partial charge in [-0.15, -0.1) is 9.94 Å². The van der Waals surface area contributed by atoms with Crippen LogP contribution in [0.3, 0.4) is 0 Å². The Bertz CT molecular complexity index is 1160. The second kappa shape index (κ2) is 9.34. The number of ether oxygens (including phenoxy) is 4. The summed E-state index contributed by atoms with van der Waals surface area (Å²) in [4.78, 5) is 0.843. The molecule has 3 aromatic carbocycles. The minimum atomic E-state index is 0.476. The first-order valence-electron chi connectivity index (χ1n) is 9.99. The van der Waals surface area contributed by atoms with Gasteiger partial charge in [0, 0.05) is 11.1 Å². The van der Waals surface area contributed by atoms with E-state index in [0.29, 0.717) is 35.1 Å². The van der Waals surface area contributed by atoms with Gasteiger partial charge in [-0.1, -0.05) is 42.5 Å². The molecule has 32 heavy (non-hydrogen) atoms. The lowest BCUT2D eigenvalue weighted by Gasteiger charge is -2.15. The van der Waals surface area contributed by atoms with Crippen molar-refractivity contribution in [1.29, 1.82) is 0 Å². The van der Waals surface area contributed by atoms with E-state index in [0.717, 1.165) is 27.3 Å². The topological polar surface area (TPSA) is 75.0 Å². The van der Waals surface area contributed by atoms with E-state index in [1.807, 2.05) is 54.6 Å². The molecule has 1 heterocycles. The van der Waals surface area contributed by atoms with Crippen LogP contribution in [0.2, 0.25) is 0 Å². The van der Waals surface area contributed by atoms with E-state index in [1.54, 1.807) is 39.7 Å². The van der Waals surface area contributed by atoms with Crippen LogP contribution in [0.25, 0.3) is 22.4 Å². The summed E-state index contributed by atoms with van der Waals surface area (Å²) in [6, 6.07) is 21.2. The highest BCUT2D eigenvalue weighted by molar-refractivity contribution is 5.82. The molecule has 0 atom stereocenters. The highest BCUT2D eigenvalue weighted by Crippen LogP contribution is 2.43. The van der Waals surface area contributed by atoms with Crippen molar-refractivity contribution >= 4 is 0 Å². The second-order valence-corrected chi connectivity index (χ2v) is 7.01. The Morgan fingerprint density at radius 3 is 2.06 bits per heavy atom. The van der Waals surface area contributed by atoms with E-state index >= 15 is 0 Å². The van der Waals surface area contributed by atoms with Crippen molar-refractivity contribution in [3.8, 4) is 45.4 Å². The van der Waals surface area contributed by atoms with Crippen LogP contribution >= 0.6 is 0 Å². The van der Waals surface area contributed by atoms with Crippen molar-refractivity contribution in [3.05, 3.63) is 78.5 Å². The lowest BCUT2D eigenvalue weighted by atomic mass is 10.0. The minimum Gasteiger partial charge on any atom is -0.493 e. The third-order valence-corrected chi connectivity index (χ3v) is 5.10. The Morgan fingerprint density at radius 1 is 0.812 bits per heavy atom. The van der Waals surface area contributed by atoms with Gasteiger partial charge in [-0.3, -0.25) is 0 Å². The van der Waals surface area contributed by atoms with E-state index in [-0.39, 0.29) is 0 Å². The molecule has 0 aliphatic rings. The Balaban J connectivity index is 1.65. The molecule has 4 rings (SSSR count). The SMILES string of the molecule is COc1cc(-c2c(-c3ccc(OCc4ccccc4)cc3)cnn2O)cc(OC)c1OC. The van der Waals surface area contributed by atoms with Gasteiger partial charge in [-0.25, -0.2) is 0 Å². The van der Waals surface area contributed by atoms with E-state index in [2.05, 4.69) is 5.10 Å². The van der Waals surface area contributed by atoms with Crippen LogP contribution in [0.4, 0.5) is 0 Å². The van der Waals surface area contributed by atoms with Crippen molar-refractivity contribution in [2.24, 2.45) is 0 Å². The fourth-order valence-electron chi connectivity index (χ4n) is 3.51. The maximum absolute atomic E-state index is 10.4. The molecule has 0 saturated carbocycles. The molecule has 0 aliphatic heterocycles. The van der Waals surface area contributed by atoms with Crippen LogP contribution in [-0.2, 0) is 6.61 Å². The number of methoxy groups -OCH3 is 3. The predicted octanol–water partition coefficient (Wildman–Crippen LogP) is 5.06. The van der Waals surface area contributed by atoms with Crippen LogP contribution in [0, 0.1) is 0 Å². The van der Waals surface area contributed by atoms with Gasteiger partial charge in [-0.2, -0.15) is 0 Å². The largest absolute Gasteiger partial charge is 0.493 e. The van der Waals surface area contributed by atoms with Crippen LogP contribution in [0.15, 0.2) is 72.9 Å². The molecular weight excluding hydrogens is 408 g/mol. The monoisotopic (exact) mass is 432 g/mol. The quantitative estimate of drug-likeness (QED) is 0.392. The fourth-order valence-corrected chi connectivity index (χ4v) is 3.51. The van der Waals surface area contributed by atoms with Gasteiger partial charge in [0.1, 0.15) is 18.1 Å². The average Bonchev–Trinajstić information content (AvgIpc) is 3.24. The third kappa shape index (κ3) is 4.18. The second-order valence-electron chi connectivity index (χ2n) is 7.01. The van der Waals surface area contributed by atoms with Gasteiger partial charge in [0.25, 0.3) is 0 Å². The standard InChI is InChI=1S/C25H24N2O5/c1-29-22-13-19(14-23(30-2)25(22)31-3)24-21(15-26-27(24)28)18-9-11-20(12-10-18)32-16-17-7-5-4-6-8-17/h4-15,28H,16H2,1-3H3. The molecule has 0 aliphatic carbocycles. The van der Waals surface area contributed by atoms with Crippen molar-refractivity contribution in [1.82, 2.24) is 9.94 Å². The lowest BCUT2D eigenvalue weighted by molar-refractivity contribution is 0.153. The van der Waals surface area contributed by atoms with Gasteiger partial charge in [-0.05, 0) is 35.4 Å². The zero-order chi connectivity index (χ0) is 22.5. The van der Waals surface area contributed by atoms with Gasteiger partial charge < -0.3 is 24.2 Å². The Kier molecular flexibility index (Phi) is 6.17. The van der Waals surface area contributed by atoms with E-state index in [1.165, 1.54) is 0 Å². The summed E-state index contributed by atoms with van der Waals surface area (Å²) in [5, 5.41) is 14.5. The molecule has 1 aromatic heterocycles. The maximum Gasteiger partial charge on any atom is 0.203 e. The van der Waals surface area contributed by atoms with E-state index in [4.69, 9.17) is 18.9 Å². The molecule has 1 N–H and O–H groups in total. The average molecular weight is 432 g/mol. The van der Waals surface area contributed by atoms with Crippen molar-refractivity contribution in [2.75, 3.05) is 21.3 Å². The first-order valence-corrected chi connectivity index (χ1v) is 9.99. The summed E-state index contributed by atoms with van der Waals surface area (Å²) in [5.74, 6) is 2.20. The summed E-state index contributed by atoms with van der Waals surface area (Å²) in [7, 11) is 4.64. The Labute approximate surface area is 186 Å². The molecule has 0 radical (unpaired) electrons. The Morgan fingerprint density at radius 2 is 1.47 bits per heavy atom. The number of nitrogens with zero attached hydrogens (tertiary/aromatic N) is 2. The molecule has 0 saturated heterocycles. The van der Waals surface area contributed by atoms with Crippen LogP contribution in [0.5, 0.6) is 23.0 Å². The molecule has 164 valence electrons. The first-order chi connectivity index (χ1) is 15.6. The molecule has 7 heteroatoms. The summed E-state index contributed by atoms with van der Waals surface area (Å²) in [5.41, 5.74) is 3.89. The highest BCUT2D eigenvalue weighted by atomic mass is 16.5. The molecule has 0 amide bonds. The van der Waals surface area contributed by atoms with Gasteiger partial charge in [0.2, 0.25) is 5.75 Å². The smallest absolute Gasteiger partial charge is 0.203 e. The zero-order valence-electron chi connectivity index (χ0n) is 18.1. The van der Waals surface area contributed by atoms with E-state index < -0.39 is 0 Å². The number of benzene rings is 3. The predicted molar refractivity (Wildman–Crippen MR) is 121 cm³/mol. The molecule has 4 aromatic rings. The van der Waals surface area contributed by atoms with Crippen LogP contribution < -0.4 is 18.9 Å². The summed E-state index contributed by atoms with van der Waals surface area (Å²) >= 11 is 0. The maximum atomic E-state index is 10.4. The molecule has 0 unspecified atom stereocenters. The molecule has 0 bridgehead atoms. The molecule has 0 spiro atoms. The molecular formula is C25H24N2O5. The van der Waals surface area contributed by atoms with Gasteiger partial charge in [0.15, 0.2) is 11.5 Å². The van der Waals surface area contributed by atoms with Crippen LogP contribution in [-0.4, -0.2) is 36.5 Å². The van der Waals surface area contributed by atoms with E-state index in [9.17, 15) is 5.21 Å². The summed E-state index contributed by atoms with van der Waals surface area (Å²) < 4.78 is 22.2. The fraction of sp³-hybridized carbons (Fsp3) is 0.160. The lowest BCUT2D eigenvalue weighted by Crippen LogP contribution is -1.99. The highest BCUT2D eigenvalue weighted by Gasteiger charge is 2.20. The molecule has 7 nitrogen and oxygen atoms in total. The number of aromatic nitrogens is 2. The summed E-state index contributed by atoms with van der Waals surface area (Å²) in [6.45, 7) is 0.492. The van der Waals surface area contributed by atoms with Crippen molar-refractivity contribution < 1.29 is 24.2 Å². The van der Waals surface area contributed by atoms with Gasteiger partial charge in [0.05, 0.1) is 27.5 Å². The minimum absolute atomic E-state index is 0.476.